The van der Waals surface area contributed by atoms with Gasteiger partial charge >= 0.3 is 0 Å². The molecule has 2 aromatic carbocycles. The monoisotopic (exact) mass is 281 g/mol. The largest absolute Gasteiger partial charge is 0.497 e. The Kier molecular flexibility index (Phi) is 6.04. The predicted molar refractivity (Wildman–Crippen MR) is 88.7 cm³/mol. The number of hydrogen-bond donors (Lipinski definition) is 1. The van der Waals surface area contributed by atoms with Gasteiger partial charge in [-0.2, -0.15) is 0 Å². The molecule has 0 heterocycles. The van der Waals surface area contributed by atoms with Gasteiger partial charge in [-0.25, -0.2) is 0 Å². The summed E-state index contributed by atoms with van der Waals surface area (Å²) in [5, 5.41) is 3.53. The number of allylic oxidation sites excluding steroid dienone is 1. The van der Waals surface area contributed by atoms with Crippen molar-refractivity contribution in [3.05, 3.63) is 78.4 Å². The van der Waals surface area contributed by atoms with Gasteiger partial charge in [0.2, 0.25) is 0 Å². The molecule has 2 rings (SSSR count). The maximum atomic E-state index is 5.21. The highest BCUT2D eigenvalue weighted by Crippen LogP contribution is 2.22. The first-order valence-electron chi connectivity index (χ1n) is 7.33. The van der Waals surface area contributed by atoms with Crippen LogP contribution in [0.4, 0.5) is 0 Å². The minimum Gasteiger partial charge on any atom is -0.497 e. The van der Waals surface area contributed by atoms with E-state index in [0.717, 1.165) is 25.3 Å². The van der Waals surface area contributed by atoms with E-state index >= 15 is 0 Å². The summed E-state index contributed by atoms with van der Waals surface area (Å²) < 4.78 is 5.21. The van der Waals surface area contributed by atoms with Crippen LogP contribution in [0.5, 0.6) is 5.75 Å². The Morgan fingerprint density at radius 3 is 2.43 bits per heavy atom. The molecule has 2 heteroatoms. The van der Waals surface area contributed by atoms with Crippen molar-refractivity contribution in [3.8, 4) is 5.75 Å². The van der Waals surface area contributed by atoms with Crippen molar-refractivity contribution in [1.29, 1.82) is 0 Å². The maximum Gasteiger partial charge on any atom is 0.118 e. The smallest absolute Gasteiger partial charge is 0.118 e. The number of hydrogen-bond acceptors (Lipinski definition) is 2. The molecule has 0 amide bonds. The Balaban J connectivity index is 1.93. The third-order valence-corrected chi connectivity index (χ3v) is 3.60. The molecule has 0 unspecified atom stereocenters. The van der Waals surface area contributed by atoms with Crippen LogP contribution in [0.3, 0.4) is 0 Å². The van der Waals surface area contributed by atoms with E-state index in [9.17, 15) is 0 Å². The second-order valence-electron chi connectivity index (χ2n) is 5.11. The number of rotatable bonds is 8. The molecule has 1 atom stereocenters. The molecule has 2 aromatic rings. The second kappa shape index (κ2) is 8.28. The maximum absolute atomic E-state index is 5.21. The quantitative estimate of drug-likeness (QED) is 0.734. The molecule has 110 valence electrons. The first kappa shape index (κ1) is 15.3. The van der Waals surface area contributed by atoms with Crippen molar-refractivity contribution in [2.75, 3.05) is 13.7 Å². The van der Waals surface area contributed by atoms with Crippen LogP contribution in [0.15, 0.2) is 67.3 Å². The molecule has 0 aliphatic carbocycles. The fourth-order valence-corrected chi connectivity index (χ4v) is 2.40. The van der Waals surface area contributed by atoms with E-state index < -0.39 is 0 Å². The van der Waals surface area contributed by atoms with Gasteiger partial charge in [0, 0.05) is 13.1 Å². The summed E-state index contributed by atoms with van der Waals surface area (Å²) in [5.74, 6) is 1.34. The summed E-state index contributed by atoms with van der Waals surface area (Å²) in [7, 11) is 1.69. The fourth-order valence-electron chi connectivity index (χ4n) is 2.40. The molecule has 0 spiro atoms. The summed E-state index contributed by atoms with van der Waals surface area (Å²) in [4.78, 5) is 0. The third-order valence-electron chi connectivity index (χ3n) is 3.60. The number of nitrogens with one attached hydrogen (secondary N) is 1. The zero-order valence-electron chi connectivity index (χ0n) is 12.6. The summed E-state index contributed by atoms with van der Waals surface area (Å²) in [6.07, 6.45) is 2.95. The van der Waals surface area contributed by atoms with Crippen LogP contribution in [-0.4, -0.2) is 13.7 Å². The molecule has 1 N–H and O–H groups in total. The van der Waals surface area contributed by atoms with Crippen LogP contribution < -0.4 is 10.1 Å². The Morgan fingerprint density at radius 1 is 1.10 bits per heavy atom. The number of benzene rings is 2. The minimum atomic E-state index is 0.442. The minimum absolute atomic E-state index is 0.442. The van der Waals surface area contributed by atoms with Gasteiger partial charge < -0.3 is 10.1 Å². The van der Waals surface area contributed by atoms with Crippen LogP contribution in [0, 0.1) is 0 Å². The van der Waals surface area contributed by atoms with Crippen molar-refractivity contribution < 1.29 is 4.74 Å². The van der Waals surface area contributed by atoms with Gasteiger partial charge in [-0.3, -0.25) is 0 Å². The molecule has 0 aliphatic rings. The lowest BCUT2D eigenvalue weighted by Gasteiger charge is -2.17. The van der Waals surface area contributed by atoms with Crippen molar-refractivity contribution in [2.45, 2.75) is 18.9 Å². The lowest BCUT2D eigenvalue weighted by molar-refractivity contribution is 0.414. The van der Waals surface area contributed by atoms with E-state index in [-0.39, 0.29) is 0 Å². The van der Waals surface area contributed by atoms with E-state index in [1.165, 1.54) is 11.1 Å². The first-order valence-corrected chi connectivity index (χ1v) is 7.33. The van der Waals surface area contributed by atoms with Crippen molar-refractivity contribution in [1.82, 2.24) is 5.32 Å². The standard InChI is InChI=1S/C19H23NO/c1-3-7-18(17-10-12-19(21-2)13-11-17)15-20-14-16-8-5-4-6-9-16/h3-6,8-13,18,20H,1,7,14-15H2,2H3/t18-/m1/s1. The van der Waals surface area contributed by atoms with Gasteiger partial charge in [0.05, 0.1) is 7.11 Å². The molecular formula is C19H23NO. The summed E-state index contributed by atoms with van der Waals surface area (Å²) in [6, 6.07) is 18.8. The van der Waals surface area contributed by atoms with Crippen LogP contribution >= 0.6 is 0 Å². The van der Waals surface area contributed by atoms with Crippen LogP contribution in [0.2, 0.25) is 0 Å². The van der Waals surface area contributed by atoms with E-state index in [1.807, 2.05) is 24.3 Å². The van der Waals surface area contributed by atoms with E-state index in [4.69, 9.17) is 4.74 Å². The molecule has 0 aliphatic heterocycles. The number of ether oxygens (including phenoxy) is 1. The topological polar surface area (TPSA) is 21.3 Å². The Bertz CT molecular complexity index is 533. The van der Waals surface area contributed by atoms with Crippen LogP contribution in [-0.2, 0) is 6.54 Å². The molecule has 2 nitrogen and oxygen atoms in total. The van der Waals surface area contributed by atoms with Gasteiger partial charge in [0.1, 0.15) is 5.75 Å². The summed E-state index contributed by atoms with van der Waals surface area (Å²) in [6.45, 7) is 5.70. The average molecular weight is 281 g/mol. The van der Waals surface area contributed by atoms with Crippen molar-refractivity contribution in [3.63, 3.8) is 0 Å². The first-order chi connectivity index (χ1) is 10.3. The zero-order valence-corrected chi connectivity index (χ0v) is 12.6. The second-order valence-corrected chi connectivity index (χ2v) is 5.11. The highest BCUT2D eigenvalue weighted by Gasteiger charge is 2.09. The average Bonchev–Trinajstić information content (AvgIpc) is 2.55. The molecule has 21 heavy (non-hydrogen) atoms. The highest BCUT2D eigenvalue weighted by molar-refractivity contribution is 5.30. The predicted octanol–water partition coefficient (Wildman–Crippen LogP) is 4.14. The summed E-state index contributed by atoms with van der Waals surface area (Å²) >= 11 is 0. The highest BCUT2D eigenvalue weighted by atomic mass is 16.5. The third kappa shape index (κ3) is 4.76. The van der Waals surface area contributed by atoms with Crippen LogP contribution in [0.1, 0.15) is 23.5 Å². The SMILES string of the molecule is C=CC[C@H](CNCc1ccccc1)c1ccc(OC)cc1. The number of methoxy groups -OCH3 is 1. The molecule has 0 saturated carbocycles. The lowest BCUT2D eigenvalue weighted by Crippen LogP contribution is -2.21. The van der Waals surface area contributed by atoms with Crippen molar-refractivity contribution in [2.24, 2.45) is 0 Å². The molecule has 0 aromatic heterocycles. The molecule has 0 saturated heterocycles. The summed E-state index contributed by atoms with van der Waals surface area (Å²) in [5.41, 5.74) is 2.63. The zero-order chi connectivity index (χ0) is 14.9. The lowest BCUT2D eigenvalue weighted by atomic mass is 9.95. The van der Waals surface area contributed by atoms with Crippen LogP contribution in [0.25, 0.3) is 0 Å². The van der Waals surface area contributed by atoms with Gasteiger partial charge in [-0.15, -0.1) is 6.58 Å². The Labute approximate surface area is 127 Å². The van der Waals surface area contributed by atoms with Gasteiger partial charge in [-0.05, 0) is 35.6 Å². The fraction of sp³-hybridized carbons (Fsp3) is 0.263. The Morgan fingerprint density at radius 2 is 1.81 bits per heavy atom. The van der Waals surface area contributed by atoms with E-state index in [1.54, 1.807) is 7.11 Å². The van der Waals surface area contributed by atoms with Crippen molar-refractivity contribution >= 4 is 0 Å². The van der Waals surface area contributed by atoms with E-state index in [2.05, 4.69) is 48.3 Å². The molecule has 0 radical (unpaired) electrons. The molecule has 0 fully saturated rings. The van der Waals surface area contributed by atoms with E-state index in [0.29, 0.717) is 5.92 Å². The van der Waals surface area contributed by atoms with Gasteiger partial charge in [-0.1, -0.05) is 48.5 Å². The van der Waals surface area contributed by atoms with Gasteiger partial charge in [0.25, 0.3) is 0 Å². The Hall–Kier alpha value is -2.06. The molecule has 0 bridgehead atoms. The molecular weight excluding hydrogens is 258 g/mol. The van der Waals surface area contributed by atoms with Gasteiger partial charge in [0.15, 0.2) is 0 Å². The normalized spacial score (nSPS) is 11.9.